The van der Waals surface area contributed by atoms with E-state index in [4.69, 9.17) is 0 Å². The van der Waals surface area contributed by atoms with Crippen molar-refractivity contribution in [2.24, 2.45) is 0 Å². The third kappa shape index (κ3) is 6.92. The molecule has 0 spiro atoms. The van der Waals surface area contributed by atoms with Crippen molar-refractivity contribution in [3.8, 4) is 0 Å². The Morgan fingerprint density at radius 3 is 2.76 bits per heavy atom. The molecule has 2 aliphatic heterocycles. The van der Waals surface area contributed by atoms with E-state index in [0.717, 1.165) is 43.7 Å². The lowest BCUT2D eigenvalue weighted by atomic mass is 9.84. The molecule has 1 saturated heterocycles. The number of nitrogens with zero attached hydrogens (tertiary/aromatic N) is 6. The van der Waals surface area contributed by atoms with Crippen molar-refractivity contribution in [2.45, 2.75) is 70.1 Å². The van der Waals surface area contributed by atoms with E-state index in [9.17, 15) is 19.8 Å². The standard InChI is InChI=1S/C24H37N9O4/c1-17-29-30-31-33(17)14-4-13-25-20(22(34)35)24(37)9-15-32(16-10-24)23(36)27-12-3-6-19-8-7-18-5-2-11-26-21(18)28-19/h7-8,20,25,37H,2-6,9-16H2,1H3,(H,26,28)(H,27,36)(H,34,35). The lowest BCUT2D eigenvalue weighted by Gasteiger charge is -2.41. The number of carboxylic acid groups (broad SMARTS) is 1. The second-order valence-corrected chi connectivity index (χ2v) is 9.79. The smallest absolute Gasteiger partial charge is 0.323 e. The molecule has 0 radical (unpaired) electrons. The number of aromatic nitrogens is 5. The molecule has 4 heterocycles. The number of rotatable bonds is 11. The number of tetrazole rings is 1. The molecule has 0 aliphatic carbocycles. The summed E-state index contributed by atoms with van der Waals surface area (Å²) >= 11 is 0. The van der Waals surface area contributed by atoms with Gasteiger partial charge in [0.1, 0.15) is 17.7 Å². The Kier molecular flexibility index (Phi) is 8.87. The zero-order valence-corrected chi connectivity index (χ0v) is 21.3. The highest BCUT2D eigenvalue weighted by Crippen LogP contribution is 2.26. The van der Waals surface area contributed by atoms with Gasteiger partial charge in [0.2, 0.25) is 0 Å². The van der Waals surface area contributed by atoms with Crippen LogP contribution in [-0.4, -0.2) is 96.7 Å². The average molecular weight is 516 g/mol. The summed E-state index contributed by atoms with van der Waals surface area (Å²) in [6, 6.07) is 2.87. The summed E-state index contributed by atoms with van der Waals surface area (Å²) in [6.07, 6.45) is 4.70. The van der Waals surface area contributed by atoms with Crippen LogP contribution in [0.3, 0.4) is 0 Å². The molecular weight excluding hydrogens is 478 g/mol. The highest BCUT2D eigenvalue weighted by molar-refractivity contribution is 5.76. The summed E-state index contributed by atoms with van der Waals surface area (Å²) in [7, 11) is 0. The van der Waals surface area contributed by atoms with Crippen molar-refractivity contribution in [1.82, 2.24) is 40.7 Å². The predicted molar refractivity (Wildman–Crippen MR) is 135 cm³/mol. The van der Waals surface area contributed by atoms with Gasteiger partial charge in [0.25, 0.3) is 0 Å². The fourth-order valence-electron chi connectivity index (χ4n) is 4.91. The highest BCUT2D eigenvalue weighted by Gasteiger charge is 2.44. The van der Waals surface area contributed by atoms with Gasteiger partial charge < -0.3 is 31.1 Å². The number of hydrogen-bond acceptors (Lipinski definition) is 9. The second kappa shape index (κ2) is 12.3. The average Bonchev–Trinajstić information content (AvgIpc) is 3.30. The number of urea groups is 1. The van der Waals surface area contributed by atoms with Gasteiger partial charge in [-0.15, -0.1) is 5.10 Å². The number of nitrogens with one attached hydrogen (secondary N) is 3. The van der Waals surface area contributed by atoms with E-state index in [0.29, 0.717) is 31.9 Å². The van der Waals surface area contributed by atoms with Gasteiger partial charge >= 0.3 is 12.0 Å². The molecule has 1 fully saturated rings. The van der Waals surface area contributed by atoms with Gasteiger partial charge in [-0.3, -0.25) is 4.79 Å². The summed E-state index contributed by atoms with van der Waals surface area (Å²) < 4.78 is 1.64. The SMILES string of the molecule is Cc1nnnn1CCCNC(C(=O)O)C1(O)CCN(C(=O)NCCCc2ccc3c(n2)NCCC3)CC1. The first kappa shape index (κ1) is 26.7. The quantitative estimate of drug-likeness (QED) is 0.263. The summed E-state index contributed by atoms with van der Waals surface area (Å²) in [5, 5.41) is 41.4. The van der Waals surface area contributed by atoms with Crippen LogP contribution in [0.25, 0.3) is 0 Å². The molecule has 0 bridgehead atoms. The molecule has 5 N–H and O–H groups in total. The molecule has 2 aromatic rings. The Labute approximate surface area is 216 Å². The molecule has 2 aliphatic rings. The first-order valence-electron chi connectivity index (χ1n) is 13.0. The molecule has 37 heavy (non-hydrogen) atoms. The van der Waals surface area contributed by atoms with E-state index in [2.05, 4.69) is 48.6 Å². The molecule has 1 unspecified atom stereocenters. The first-order valence-corrected chi connectivity index (χ1v) is 13.0. The summed E-state index contributed by atoms with van der Waals surface area (Å²) in [6.45, 7) is 4.78. The van der Waals surface area contributed by atoms with E-state index < -0.39 is 17.6 Å². The number of pyridine rings is 1. The lowest BCUT2D eigenvalue weighted by molar-refractivity contribution is -0.149. The predicted octanol–water partition coefficient (Wildman–Crippen LogP) is 0.337. The second-order valence-electron chi connectivity index (χ2n) is 9.79. The van der Waals surface area contributed by atoms with Crippen molar-refractivity contribution in [3.05, 3.63) is 29.2 Å². The van der Waals surface area contributed by atoms with Gasteiger partial charge in [0.15, 0.2) is 0 Å². The van der Waals surface area contributed by atoms with Gasteiger partial charge in [0, 0.05) is 38.4 Å². The normalized spacial score (nSPS) is 17.5. The number of likely N-dealkylation sites (tertiary alicyclic amines) is 1. The minimum absolute atomic E-state index is 0.183. The molecule has 0 aromatic carbocycles. The molecule has 1 atom stereocenters. The van der Waals surface area contributed by atoms with Crippen LogP contribution in [0, 0.1) is 6.92 Å². The van der Waals surface area contributed by atoms with Crippen LogP contribution in [0.5, 0.6) is 0 Å². The van der Waals surface area contributed by atoms with Crippen molar-refractivity contribution < 1.29 is 19.8 Å². The van der Waals surface area contributed by atoms with E-state index >= 15 is 0 Å². The van der Waals surface area contributed by atoms with Crippen LogP contribution in [0.15, 0.2) is 12.1 Å². The van der Waals surface area contributed by atoms with Crippen LogP contribution in [0.2, 0.25) is 0 Å². The number of piperidine rings is 1. The molecule has 4 rings (SSSR count). The van der Waals surface area contributed by atoms with Crippen LogP contribution in [-0.2, 0) is 24.2 Å². The maximum atomic E-state index is 12.6. The minimum atomic E-state index is -1.43. The number of aliphatic carboxylic acids is 1. The number of anilines is 1. The molecule has 202 valence electrons. The third-order valence-electron chi connectivity index (χ3n) is 7.14. The number of carbonyl (C=O) groups excluding carboxylic acids is 1. The molecule has 2 amide bonds. The molecule has 0 saturated carbocycles. The molecule has 2 aromatic heterocycles. The summed E-state index contributed by atoms with van der Waals surface area (Å²) in [4.78, 5) is 30.8. The number of carboxylic acids is 1. The van der Waals surface area contributed by atoms with Crippen LogP contribution < -0.4 is 16.0 Å². The molecular formula is C24H37N9O4. The number of hydrogen-bond donors (Lipinski definition) is 5. The minimum Gasteiger partial charge on any atom is -0.480 e. The molecule has 13 nitrogen and oxygen atoms in total. The topological polar surface area (TPSA) is 170 Å². The Morgan fingerprint density at radius 2 is 2.03 bits per heavy atom. The van der Waals surface area contributed by atoms with E-state index in [1.165, 1.54) is 5.56 Å². The van der Waals surface area contributed by atoms with Crippen LogP contribution in [0.4, 0.5) is 10.6 Å². The van der Waals surface area contributed by atoms with E-state index in [-0.39, 0.29) is 32.0 Å². The zero-order chi connectivity index (χ0) is 26.3. The van der Waals surface area contributed by atoms with Crippen LogP contribution >= 0.6 is 0 Å². The van der Waals surface area contributed by atoms with Crippen molar-refractivity contribution in [1.29, 1.82) is 0 Å². The lowest BCUT2D eigenvalue weighted by Crippen LogP contribution is -2.61. The number of aryl methyl sites for hydroxylation is 4. The monoisotopic (exact) mass is 515 g/mol. The first-order chi connectivity index (χ1) is 17.9. The van der Waals surface area contributed by atoms with Gasteiger partial charge in [-0.25, -0.2) is 14.5 Å². The van der Waals surface area contributed by atoms with Crippen molar-refractivity contribution >= 4 is 17.8 Å². The Hall–Kier alpha value is -3.32. The Balaban J connectivity index is 1.17. The van der Waals surface area contributed by atoms with Crippen molar-refractivity contribution in [3.63, 3.8) is 0 Å². The maximum Gasteiger partial charge on any atom is 0.323 e. The zero-order valence-electron chi connectivity index (χ0n) is 21.3. The summed E-state index contributed by atoms with van der Waals surface area (Å²) in [5.41, 5.74) is 0.832. The highest BCUT2D eigenvalue weighted by atomic mass is 16.4. The van der Waals surface area contributed by atoms with Crippen molar-refractivity contribution in [2.75, 3.05) is 38.0 Å². The van der Waals surface area contributed by atoms with Gasteiger partial charge in [-0.05, 0) is 80.5 Å². The van der Waals surface area contributed by atoms with E-state index in [1.54, 1.807) is 16.5 Å². The number of aliphatic hydroxyl groups is 1. The van der Waals surface area contributed by atoms with Gasteiger partial charge in [0.05, 0.1) is 5.60 Å². The number of amides is 2. The van der Waals surface area contributed by atoms with Gasteiger partial charge in [-0.1, -0.05) is 6.07 Å². The largest absolute Gasteiger partial charge is 0.480 e. The Morgan fingerprint density at radius 1 is 1.22 bits per heavy atom. The fraction of sp³-hybridized carbons (Fsp3) is 0.667. The van der Waals surface area contributed by atoms with E-state index in [1.807, 2.05) is 0 Å². The van der Waals surface area contributed by atoms with Crippen LogP contribution in [0.1, 0.15) is 49.2 Å². The van der Waals surface area contributed by atoms with Gasteiger partial charge in [-0.2, -0.15) is 0 Å². The Bertz CT molecular complexity index is 1070. The maximum absolute atomic E-state index is 12.6. The third-order valence-corrected chi connectivity index (χ3v) is 7.14. The number of fused-ring (bicyclic) bond motifs is 1. The fourth-order valence-corrected chi connectivity index (χ4v) is 4.91. The number of carbonyl (C=O) groups is 2. The summed E-state index contributed by atoms with van der Waals surface area (Å²) in [5.74, 6) is 0.557. The molecule has 13 heteroatoms.